The van der Waals surface area contributed by atoms with Gasteiger partial charge in [0.15, 0.2) is 5.79 Å². The van der Waals surface area contributed by atoms with E-state index < -0.39 is 23.5 Å². The van der Waals surface area contributed by atoms with E-state index in [1.807, 2.05) is 71.9 Å². The van der Waals surface area contributed by atoms with Gasteiger partial charge in [0.2, 0.25) is 0 Å². The Kier molecular flexibility index (Phi) is 6.84. The minimum atomic E-state index is -0.717. The van der Waals surface area contributed by atoms with E-state index in [9.17, 15) is 9.90 Å². The SMILES string of the molecule is C[C@H]([C@H]1OC(C)(C)O[C@H]1c1ccccc1)[C@@H](O)C/C=C/C(=O)OC(C)(C)C. The predicted octanol–water partition coefficient (Wildman–Crippen LogP) is 4.16. The number of hydrogen-bond donors (Lipinski definition) is 1. The zero-order valence-corrected chi connectivity index (χ0v) is 17.1. The normalized spacial score (nSPS) is 24.7. The third kappa shape index (κ3) is 6.45. The summed E-state index contributed by atoms with van der Waals surface area (Å²) in [6, 6.07) is 9.89. The number of esters is 1. The van der Waals surface area contributed by atoms with Crippen LogP contribution in [0.5, 0.6) is 0 Å². The third-order valence-corrected chi connectivity index (χ3v) is 4.42. The number of aliphatic hydroxyl groups excluding tert-OH is 1. The van der Waals surface area contributed by atoms with E-state index in [0.717, 1.165) is 5.56 Å². The molecule has 1 aliphatic rings. The van der Waals surface area contributed by atoms with Crippen LogP contribution in [0.2, 0.25) is 0 Å². The van der Waals surface area contributed by atoms with Gasteiger partial charge in [-0.2, -0.15) is 0 Å². The molecule has 5 heteroatoms. The first-order chi connectivity index (χ1) is 12.5. The van der Waals surface area contributed by atoms with Crippen LogP contribution in [0.3, 0.4) is 0 Å². The molecule has 1 saturated heterocycles. The molecule has 150 valence electrons. The first-order valence-corrected chi connectivity index (χ1v) is 9.47. The lowest BCUT2D eigenvalue weighted by molar-refractivity contribution is -0.153. The average molecular weight is 376 g/mol. The highest BCUT2D eigenvalue weighted by atomic mass is 16.8. The van der Waals surface area contributed by atoms with E-state index >= 15 is 0 Å². The summed E-state index contributed by atoms with van der Waals surface area (Å²) in [5.74, 6) is -1.31. The van der Waals surface area contributed by atoms with E-state index in [1.54, 1.807) is 6.08 Å². The van der Waals surface area contributed by atoms with Crippen molar-refractivity contribution in [1.29, 1.82) is 0 Å². The van der Waals surface area contributed by atoms with Gasteiger partial charge < -0.3 is 19.3 Å². The second-order valence-corrected chi connectivity index (χ2v) is 8.53. The van der Waals surface area contributed by atoms with Gasteiger partial charge in [0.1, 0.15) is 11.7 Å². The molecule has 0 amide bonds. The monoisotopic (exact) mass is 376 g/mol. The number of aliphatic hydroxyl groups is 1. The van der Waals surface area contributed by atoms with Crippen LogP contribution in [0, 0.1) is 5.92 Å². The number of hydrogen-bond acceptors (Lipinski definition) is 5. The molecule has 4 atom stereocenters. The molecule has 0 unspecified atom stereocenters. The highest BCUT2D eigenvalue weighted by Crippen LogP contribution is 2.42. The summed E-state index contributed by atoms with van der Waals surface area (Å²) in [4.78, 5) is 11.8. The van der Waals surface area contributed by atoms with Crippen LogP contribution in [0.15, 0.2) is 42.5 Å². The average Bonchev–Trinajstić information content (AvgIpc) is 2.89. The molecule has 0 spiro atoms. The van der Waals surface area contributed by atoms with Crippen LogP contribution in [0.25, 0.3) is 0 Å². The lowest BCUT2D eigenvalue weighted by Crippen LogP contribution is -2.33. The van der Waals surface area contributed by atoms with E-state index in [4.69, 9.17) is 14.2 Å². The molecule has 1 heterocycles. The smallest absolute Gasteiger partial charge is 0.330 e. The van der Waals surface area contributed by atoms with Gasteiger partial charge in [0.05, 0.1) is 12.2 Å². The van der Waals surface area contributed by atoms with Gasteiger partial charge >= 0.3 is 5.97 Å². The molecule has 27 heavy (non-hydrogen) atoms. The van der Waals surface area contributed by atoms with Gasteiger partial charge in [0.25, 0.3) is 0 Å². The van der Waals surface area contributed by atoms with Crippen molar-refractivity contribution in [3.8, 4) is 0 Å². The van der Waals surface area contributed by atoms with Gasteiger partial charge in [-0.15, -0.1) is 0 Å². The maximum Gasteiger partial charge on any atom is 0.330 e. The Morgan fingerprint density at radius 2 is 1.89 bits per heavy atom. The zero-order chi connectivity index (χ0) is 20.2. The van der Waals surface area contributed by atoms with Gasteiger partial charge in [-0.3, -0.25) is 0 Å². The molecular weight excluding hydrogens is 344 g/mol. The Labute approximate surface area is 162 Å². The fraction of sp³-hybridized carbons (Fsp3) is 0.591. The van der Waals surface area contributed by atoms with Gasteiger partial charge in [-0.1, -0.05) is 43.3 Å². The van der Waals surface area contributed by atoms with Crippen molar-refractivity contribution in [3.05, 3.63) is 48.0 Å². The van der Waals surface area contributed by atoms with Crippen LogP contribution in [-0.4, -0.2) is 34.7 Å². The summed E-state index contributed by atoms with van der Waals surface area (Å²) in [7, 11) is 0. The number of ether oxygens (including phenoxy) is 3. The van der Waals surface area contributed by atoms with Crippen molar-refractivity contribution >= 4 is 5.97 Å². The van der Waals surface area contributed by atoms with Crippen molar-refractivity contribution in [1.82, 2.24) is 0 Å². The fourth-order valence-electron chi connectivity index (χ4n) is 3.15. The van der Waals surface area contributed by atoms with Crippen LogP contribution in [-0.2, 0) is 19.0 Å². The third-order valence-electron chi connectivity index (χ3n) is 4.42. The highest BCUT2D eigenvalue weighted by Gasteiger charge is 2.45. The minimum Gasteiger partial charge on any atom is -0.457 e. The van der Waals surface area contributed by atoms with E-state index in [-0.39, 0.29) is 18.1 Å². The Bertz CT molecular complexity index is 644. The van der Waals surface area contributed by atoms with Gasteiger partial charge in [-0.25, -0.2) is 4.79 Å². The molecule has 1 aromatic rings. The van der Waals surface area contributed by atoms with Crippen LogP contribution >= 0.6 is 0 Å². The molecule has 1 fully saturated rings. The molecule has 0 saturated carbocycles. The largest absolute Gasteiger partial charge is 0.457 e. The molecule has 0 bridgehead atoms. The quantitative estimate of drug-likeness (QED) is 0.596. The summed E-state index contributed by atoms with van der Waals surface area (Å²) < 4.78 is 17.4. The Balaban J connectivity index is 2.01. The first kappa shape index (κ1) is 21.6. The van der Waals surface area contributed by atoms with Crippen LogP contribution < -0.4 is 0 Å². The van der Waals surface area contributed by atoms with E-state index in [0.29, 0.717) is 6.42 Å². The maximum atomic E-state index is 11.8. The standard InChI is InChI=1S/C22H32O5/c1-15(17(23)13-10-14-18(24)25-21(2,3)4)19-20(27-22(5,6)26-19)16-11-8-7-9-12-16/h7-12,14-15,17,19-20,23H,13H2,1-6H3/b14-10+/t15-,17-,19+,20-/m0/s1. The number of rotatable bonds is 6. The zero-order valence-electron chi connectivity index (χ0n) is 17.1. The molecule has 1 N–H and O–H groups in total. The summed E-state index contributed by atoms with van der Waals surface area (Å²) in [5.41, 5.74) is 0.494. The van der Waals surface area contributed by atoms with Crippen molar-refractivity contribution in [2.45, 2.75) is 77.7 Å². The molecule has 1 aromatic carbocycles. The lowest BCUT2D eigenvalue weighted by atomic mass is 9.89. The second kappa shape index (κ2) is 8.55. The molecule has 1 aliphatic heterocycles. The minimum absolute atomic E-state index is 0.180. The predicted molar refractivity (Wildman–Crippen MR) is 104 cm³/mol. The summed E-state index contributed by atoms with van der Waals surface area (Å²) in [6.45, 7) is 11.2. The van der Waals surface area contributed by atoms with Crippen molar-refractivity contribution < 1.29 is 24.1 Å². The number of benzene rings is 1. The van der Waals surface area contributed by atoms with Gasteiger partial charge in [0, 0.05) is 12.0 Å². The van der Waals surface area contributed by atoms with Crippen molar-refractivity contribution in [3.63, 3.8) is 0 Å². The van der Waals surface area contributed by atoms with Crippen molar-refractivity contribution in [2.24, 2.45) is 5.92 Å². The molecule has 5 nitrogen and oxygen atoms in total. The summed E-state index contributed by atoms with van der Waals surface area (Å²) in [6.07, 6.45) is 2.15. The molecular formula is C22H32O5. The molecule has 0 aliphatic carbocycles. The Morgan fingerprint density at radius 1 is 1.26 bits per heavy atom. The van der Waals surface area contributed by atoms with Crippen LogP contribution in [0.1, 0.15) is 59.6 Å². The molecule has 0 aromatic heterocycles. The molecule has 0 radical (unpaired) electrons. The Morgan fingerprint density at radius 3 is 2.48 bits per heavy atom. The number of carbonyl (C=O) groups is 1. The summed E-state index contributed by atoms with van der Waals surface area (Å²) >= 11 is 0. The van der Waals surface area contributed by atoms with Crippen LogP contribution in [0.4, 0.5) is 0 Å². The summed E-state index contributed by atoms with van der Waals surface area (Å²) in [5, 5.41) is 10.6. The van der Waals surface area contributed by atoms with E-state index in [2.05, 4.69) is 0 Å². The topological polar surface area (TPSA) is 65.0 Å². The van der Waals surface area contributed by atoms with Gasteiger partial charge in [-0.05, 0) is 46.6 Å². The lowest BCUT2D eigenvalue weighted by Gasteiger charge is -2.27. The number of carbonyl (C=O) groups excluding carboxylic acids is 1. The van der Waals surface area contributed by atoms with Crippen molar-refractivity contribution in [2.75, 3.05) is 0 Å². The second-order valence-electron chi connectivity index (χ2n) is 8.53. The Hall–Kier alpha value is -1.69. The maximum absolute atomic E-state index is 11.8. The molecule has 2 rings (SSSR count). The first-order valence-electron chi connectivity index (χ1n) is 9.47. The van der Waals surface area contributed by atoms with E-state index in [1.165, 1.54) is 6.08 Å². The fourth-order valence-corrected chi connectivity index (χ4v) is 3.15. The highest BCUT2D eigenvalue weighted by molar-refractivity contribution is 5.82.